The maximum Gasteiger partial charge on any atom is 0.239 e. The topological polar surface area (TPSA) is 20.2 Å². The molecule has 1 N–H and O–H groups in total. The highest BCUT2D eigenvalue weighted by Crippen LogP contribution is 2.49. The predicted octanol–water partition coefficient (Wildman–Crippen LogP) is 1.41. The van der Waals surface area contributed by atoms with E-state index in [4.69, 9.17) is 5.11 Å². The molecular formula is C6H10F2O. The number of alkyl halides is 2. The van der Waals surface area contributed by atoms with Crippen molar-refractivity contribution in [3.63, 3.8) is 0 Å². The van der Waals surface area contributed by atoms with Gasteiger partial charge in [0.2, 0.25) is 6.43 Å². The molecule has 9 heavy (non-hydrogen) atoms. The minimum atomic E-state index is -2.25. The smallest absolute Gasteiger partial charge is 0.239 e. The second kappa shape index (κ2) is 2.21. The molecule has 0 saturated heterocycles. The van der Waals surface area contributed by atoms with E-state index >= 15 is 0 Å². The third kappa shape index (κ3) is 1.61. The van der Waals surface area contributed by atoms with Crippen LogP contribution >= 0.6 is 0 Å². The van der Waals surface area contributed by atoms with Crippen LogP contribution < -0.4 is 0 Å². The standard InChI is InChI=1S/C6H10F2O/c7-5(8)3-6(4-9)1-2-6/h5,9H,1-4H2. The molecule has 1 fully saturated rings. The number of hydrogen-bond donors (Lipinski definition) is 1. The van der Waals surface area contributed by atoms with Gasteiger partial charge in [-0.15, -0.1) is 0 Å². The van der Waals surface area contributed by atoms with E-state index in [-0.39, 0.29) is 18.4 Å². The number of aliphatic hydroxyl groups is 1. The van der Waals surface area contributed by atoms with Gasteiger partial charge in [-0.1, -0.05) is 0 Å². The molecule has 0 amide bonds. The van der Waals surface area contributed by atoms with Crippen LogP contribution in [-0.4, -0.2) is 18.1 Å². The van der Waals surface area contributed by atoms with Crippen LogP contribution in [0.3, 0.4) is 0 Å². The Balaban J connectivity index is 2.25. The number of aliphatic hydroxyl groups excluding tert-OH is 1. The van der Waals surface area contributed by atoms with Crippen LogP contribution in [0.5, 0.6) is 0 Å². The Morgan fingerprint density at radius 3 is 2.11 bits per heavy atom. The van der Waals surface area contributed by atoms with Crippen molar-refractivity contribution in [2.24, 2.45) is 5.41 Å². The van der Waals surface area contributed by atoms with Gasteiger partial charge in [0.1, 0.15) is 0 Å². The third-order valence-corrected chi connectivity index (χ3v) is 1.88. The average molecular weight is 136 g/mol. The van der Waals surface area contributed by atoms with Crippen molar-refractivity contribution >= 4 is 0 Å². The van der Waals surface area contributed by atoms with Gasteiger partial charge in [-0.3, -0.25) is 0 Å². The van der Waals surface area contributed by atoms with Gasteiger partial charge in [-0.25, -0.2) is 8.78 Å². The highest BCUT2D eigenvalue weighted by atomic mass is 19.3. The molecule has 0 aromatic heterocycles. The molecule has 1 aliphatic carbocycles. The van der Waals surface area contributed by atoms with E-state index in [0.717, 1.165) is 12.8 Å². The molecular weight excluding hydrogens is 126 g/mol. The second-order valence-electron chi connectivity index (χ2n) is 2.75. The largest absolute Gasteiger partial charge is 0.396 e. The lowest BCUT2D eigenvalue weighted by atomic mass is 10.1. The van der Waals surface area contributed by atoms with Gasteiger partial charge >= 0.3 is 0 Å². The van der Waals surface area contributed by atoms with Crippen LogP contribution in [0.2, 0.25) is 0 Å². The molecule has 54 valence electrons. The van der Waals surface area contributed by atoms with Crippen LogP contribution in [0.15, 0.2) is 0 Å². The summed E-state index contributed by atoms with van der Waals surface area (Å²) in [7, 11) is 0. The molecule has 0 aliphatic heterocycles. The van der Waals surface area contributed by atoms with Crippen LogP contribution in [0.4, 0.5) is 8.78 Å². The Hall–Kier alpha value is -0.180. The maximum absolute atomic E-state index is 11.6. The van der Waals surface area contributed by atoms with Crippen molar-refractivity contribution in [1.29, 1.82) is 0 Å². The fourth-order valence-electron chi connectivity index (χ4n) is 0.931. The minimum Gasteiger partial charge on any atom is -0.396 e. The molecule has 0 heterocycles. The van der Waals surface area contributed by atoms with Gasteiger partial charge in [0.15, 0.2) is 0 Å². The van der Waals surface area contributed by atoms with Crippen molar-refractivity contribution in [3.8, 4) is 0 Å². The number of halogens is 2. The van der Waals surface area contributed by atoms with Gasteiger partial charge < -0.3 is 5.11 Å². The van der Waals surface area contributed by atoms with Crippen LogP contribution in [-0.2, 0) is 0 Å². The Morgan fingerprint density at radius 1 is 1.44 bits per heavy atom. The molecule has 0 spiro atoms. The molecule has 0 radical (unpaired) electrons. The summed E-state index contributed by atoms with van der Waals surface area (Å²) in [5.41, 5.74) is -0.381. The highest BCUT2D eigenvalue weighted by molar-refractivity contribution is 4.92. The summed E-state index contributed by atoms with van der Waals surface area (Å²) in [4.78, 5) is 0. The highest BCUT2D eigenvalue weighted by Gasteiger charge is 2.43. The first-order valence-corrected chi connectivity index (χ1v) is 3.08. The van der Waals surface area contributed by atoms with E-state index in [0.29, 0.717) is 0 Å². The van der Waals surface area contributed by atoms with Gasteiger partial charge in [-0.2, -0.15) is 0 Å². The molecule has 0 aromatic rings. The van der Waals surface area contributed by atoms with Gasteiger partial charge in [0, 0.05) is 13.0 Å². The van der Waals surface area contributed by atoms with E-state index in [1.165, 1.54) is 0 Å². The monoisotopic (exact) mass is 136 g/mol. The fraction of sp³-hybridized carbons (Fsp3) is 1.00. The first-order chi connectivity index (χ1) is 4.18. The van der Waals surface area contributed by atoms with Crippen LogP contribution in [0.1, 0.15) is 19.3 Å². The first-order valence-electron chi connectivity index (χ1n) is 3.08. The zero-order valence-electron chi connectivity index (χ0n) is 5.11. The fourth-order valence-corrected chi connectivity index (χ4v) is 0.931. The van der Waals surface area contributed by atoms with E-state index in [1.807, 2.05) is 0 Å². The lowest BCUT2D eigenvalue weighted by Gasteiger charge is -2.08. The number of rotatable bonds is 3. The van der Waals surface area contributed by atoms with Crippen molar-refractivity contribution in [1.82, 2.24) is 0 Å². The average Bonchev–Trinajstić information content (AvgIpc) is 2.48. The molecule has 0 bridgehead atoms. The SMILES string of the molecule is OCC1(CC(F)F)CC1. The normalized spacial score (nSPS) is 22.7. The number of hydrogen-bond acceptors (Lipinski definition) is 1. The van der Waals surface area contributed by atoms with Crippen molar-refractivity contribution in [2.45, 2.75) is 25.7 Å². The first kappa shape index (κ1) is 6.93. The summed E-state index contributed by atoms with van der Waals surface area (Å²) < 4.78 is 23.3. The second-order valence-corrected chi connectivity index (χ2v) is 2.75. The Kier molecular flexibility index (Phi) is 1.70. The van der Waals surface area contributed by atoms with Crippen LogP contribution in [0.25, 0.3) is 0 Å². The summed E-state index contributed by atoms with van der Waals surface area (Å²) in [6.07, 6.45) is -0.829. The Labute approximate surface area is 52.7 Å². The predicted molar refractivity (Wildman–Crippen MR) is 29.4 cm³/mol. The van der Waals surface area contributed by atoms with Gasteiger partial charge in [0.25, 0.3) is 0 Å². The zero-order valence-corrected chi connectivity index (χ0v) is 5.11. The summed E-state index contributed by atoms with van der Waals surface area (Å²) in [6, 6.07) is 0. The van der Waals surface area contributed by atoms with Crippen LogP contribution in [0, 0.1) is 5.41 Å². The lowest BCUT2D eigenvalue weighted by Crippen LogP contribution is -2.10. The molecule has 3 heteroatoms. The summed E-state index contributed by atoms with van der Waals surface area (Å²) in [5, 5.41) is 8.57. The van der Waals surface area contributed by atoms with E-state index in [2.05, 4.69) is 0 Å². The summed E-state index contributed by atoms with van der Waals surface area (Å²) in [5.74, 6) is 0. The lowest BCUT2D eigenvalue weighted by molar-refractivity contribution is 0.0833. The van der Waals surface area contributed by atoms with Crippen molar-refractivity contribution < 1.29 is 13.9 Å². The Bertz CT molecular complexity index is 99.2. The molecule has 0 unspecified atom stereocenters. The van der Waals surface area contributed by atoms with E-state index < -0.39 is 6.43 Å². The molecule has 1 saturated carbocycles. The van der Waals surface area contributed by atoms with E-state index in [9.17, 15) is 8.78 Å². The molecule has 0 atom stereocenters. The summed E-state index contributed by atoms with van der Waals surface area (Å²) >= 11 is 0. The quantitative estimate of drug-likeness (QED) is 0.622. The molecule has 1 rings (SSSR count). The zero-order chi connectivity index (χ0) is 6.91. The molecule has 1 aliphatic rings. The van der Waals surface area contributed by atoms with Gasteiger partial charge in [-0.05, 0) is 18.3 Å². The summed E-state index contributed by atoms with van der Waals surface area (Å²) in [6.45, 7) is -0.0721. The third-order valence-electron chi connectivity index (χ3n) is 1.88. The Morgan fingerprint density at radius 2 is 2.00 bits per heavy atom. The van der Waals surface area contributed by atoms with Gasteiger partial charge in [0.05, 0.1) is 0 Å². The molecule has 0 aromatic carbocycles. The van der Waals surface area contributed by atoms with Crippen molar-refractivity contribution in [3.05, 3.63) is 0 Å². The molecule has 1 nitrogen and oxygen atoms in total. The minimum absolute atomic E-state index is 0.0721. The maximum atomic E-state index is 11.6. The van der Waals surface area contributed by atoms with E-state index in [1.54, 1.807) is 0 Å². The van der Waals surface area contributed by atoms with Crippen molar-refractivity contribution in [2.75, 3.05) is 6.61 Å².